The molecule has 0 radical (unpaired) electrons. The first kappa shape index (κ1) is 37.1. The molecule has 1 aromatic carbocycles. The van der Waals surface area contributed by atoms with Gasteiger partial charge in [0.15, 0.2) is 5.78 Å². The summed E-state index contributed by atoms with van der Waals surface area (Å²) in [7, 11) is 0. The molecule has 8 nitrogen and oxygen atoms in total. The van der Waals surface area contributed by atoms with Gasteiger partial charge in [0.05, 0.1) is 0 Å². The molecule has 0 aliphatic rings. The largest absolute Gasteiger partial charge is 0.507 e. The Morgan fingerprint density at radius 2 is 1.44 bits per heavy atom. The maximum absolute atomic E-state index is 12.5. The fourth-order valence-corrected chi connectivity index (χ4v) is 3.98. The zero-order valence-corrected chi connectivity index (χ0v) is 25.8. The van der Waals surface area contributed by atoms with Crippen LogP contribution in [0.5, 0.6) is 5.75 Å². The van der Waals surface area contributed by atoms with E-state index in [1.54, 1.807) is 0 Å². The van der Waals surface area contributed by atoms with Crippen LogP contribution >= 0.6 is 0 Å². The number of urea groups is 1. The first-order valence-electron chi connectivity index (χ1n) is 15.4. The Hall–Kier alpha value is -3.91. The maximum Gasteiger partial charge on any atom is 0.339 e. The number of ether oxygens (including phenoxy) is 1. The minimum absolute atomic E-state index is 0.0205. The van der Waals surface area contributed by atoms with Gasteiger partial charge in [0.2, 0.25) is 0 Å². The number of benzene rings is 1. The number of unbranched alkanes of at least 4 members (excludes halogenated alkanes) is 2. The van der Waals surface area contributed by atoms with Gasteiger partial charge in [-0.05, 0) is 82.4 Å². The minimum Gasteiger partial charge on any atom is -0.507 e. The summed E-state index contributed by atoms with van der Waals surface area (Å²) in [4.78, 5) is 35.7. The molecule has 43 heavy (non-hydrogen) atoms. The van der Waals surface area contributed by atoms with Crippen molar-refractivity contribution in [1.82, 2.24) is 5.32 Å². The van der Waals surface area contributed by atoms with Crippen LogP contribution in [-0.2, 0) is 9.53 Å². The lowest BCUT2D eigenvalue weighted by Gasteiger charge is -2.15. The van der Waals surface area contributed by atoms with Crippen LogP contribution < -0.4 is 10.6 Å². The van der Waals surface area contributed by atoms with Crippen molar-refractivity contribution in [2.75, 3.05) is 18.5 Å². The second-order valence-corrected chi connectivity index (χ2v) is 9.96. The summed E-state index contributed by atoms with van der Waals surface area (Å²) in [5.41, 5.74) is -0.0623. The lowest BCUT2D eigenvalue weighted by molar-refractivity contribution is -0.130. The third kappa shape index (κ3) is 19.0. The lowest BCUT2D eigenvalue weighted by atomic mass is 10.1. The number of hydrogen-bond acceptors (Lipinski definition) is 5. The Bertz CT molecular complexity index is 1100. The molecule has 2 amide bonds. The highest BCUT2D eigenvalue weighted by molar-refractivity contribution is 5.95. The maximum atomic E-state index is 12.5. The average Bonchev–Trinajstić information content (AvgIpc) is 2.99. The van der Waals surface area contributed by atoms with Gasteiger partial charge < -0.3 is 25.6 Å². The van der Waals surface area contributed by atoms with Crippen LogP contribution in [0.3, 0.4) is 0 Å². The van der Waals surface area contributed by atoms with E-state index >= 15 is 0 Å². The number of amides is 2. The van der Waals surface area contributed by atoms with E-state index in [-0.39, 0.29) is 29.3 Å². The average molecular weight is 595 g/mol. The number of carboxylic acid groups (broad SMARTS) is 1. The number of carboxylic acids is 1. The molecular formula is C35H50N2O6. The van der Waals surface area contributed by atoms with E-state index < -0.39 is 18.1 Å². The molecule has 0 aliphatic heterocycles. The van der Waals surface area contributed by atoms with Crippen LogP contribution in [0.1, 0.15) is 94.8 Å². The lowest BCUT2D eigenvalue weighted by Crippen LogP contribution is -2.31. The van der Waals surface area contributed by atoms with Crippen molar-refractivity contribution in [2.45, 2.75) is 90.6 Å². The molecular weight excluding hydrogens is 544 g/mol. The van der Waals surface area contributed by atoms with Crippen molar-refractivity contribution in [2.24, 2.45) is 0 Å². The SMILES string of the molecule is CC/C=C\C/C=C\C/C=C\C/C=C\C/C=C\CCCCOC(CC)C(=O)CCCNC(=O)Nc1ccc(O)c(C(=O)O)c1. The van der Waals surface area contributed by atoms with Gasteiger partial charge in [-0.1, -0.05) is 74.6 Å². The standard InChI is InChI=1S/C35H50N2O6/c1-3-5-6-7-8-9-10-11-12-13-14-15-16-17-18-19-20-21-27-43-33(4-2)32(39)23-22-26-36-35(42)37-29-24-25-31(38)30(28-29)34(40)41/h5-6,8-9,11-12,14-15,17-18,24-25,28,33,38H,3-4,7,10,13,16,19-23,26-27H2,1-2H3,(H,40,41)(H2,36,37,42)/b6-5-,9-8-,12-11-,15-14-,18-17-. The fourth-order valence-electron chi connectivity index (χ4n) is 3.98. The molecule has 0 bridgehead atoms. The summed E-state index contributed by atoms with van der Waals surface area (Å²) >= 11 is 0. The predicted molar refractivity (Wildman–Crippen MR) is 175 cm³/mol. The van der Waals surface area contributed by atoms with Crippen molar-refractivity contribution in [1.29, 1.82) is 0 Å². The van der Waals surface area contributed by atoms with E-state index in [4.69, 9.17) is 9.84 Å². The molecule has 1 unspecified atom stereocenters. The molecule has 1 aromatic rings. The number of allylic oxidation sites excluding steroid dienone is 10. The Balaban J connectivity index is 2.10. The molecule has 0 saturated heterocycles. The van der Waals surface area contributed by atoms with E-state index in [0.717, 1.165) is 51.4 Å². The van der Waals surface area contributed by atoms with Crippen molar-refractivity contribution in [3.63, 3.8) is 0 Å². The van der Waals surface area contributed by atoms with Crippen molar-refractivity contribution < 1.29 is 29.3 Å². The summed E-state index contributed by atoms with van der Waals surface area (Å²) in [6.45, 7) is 4.89. The fraction of sp³-hybridized carbons (Fsp3) is 0.457. The van der Waals surface area contributed by atoms with Gasteiger partial charge in [-0.25, -0.2) is 9.59 Å². The summed E-state index contributed by atoms with van der Waals surface area (Å²) in [5.74, 6) is -1.65. The molecule has 1 rings (SSSR count). The van der Waals surface area contributed by atoms with Gasteiger partial charge in [-0.2, -0.15) is 0 Å². The van der Waals surface area contributed by atoms with E-state index in [2.05, 4.69) is 78.3 Å². The molecule has 0 fully saturated rings. The molecule has 0 heterocycles. The molecule has 1 atom stereocenters. The quantitative estimate of drug-likeness (QED) is 0.0574. The zero-order valence-electron chi connectivity index (χ0n) is 25.8. The molecule has 4 N–H and O–H groups in total. The Morgan fingerprint density at radius 1 is 0.837 bits per heavy atom. The van der Waals surface area contributed by atoms with E-state index in [9.17, 15) is 19.5 Å². The van der Waals surface area contributed by atoms with Crippen LogP contribution in [0.25, 0.3) is 0 Å². The highest BCUT2D eigenvalue weighted by Crippen LogP contribution is 2.21. The van der Waals surface area contributed by atoms with Gasteiger partial charge in [-0.3, -0.25) is 4.79 Å². The highest BCUT2D eigenvalue weighted by atomic mass is 16.5. The summed E-state index contributed by atoms with van der Waals surface area (Å²) in [6.07, 6.45) is 30.7. The Kier molecular flexibility index (Phi) is 21.3. The van der Waals surface area contributed by atoms with Crippen LogP contribution in [0.4, 0.5) is 10.5 Å². The molecule has 0 aliphatic carbocycles. The molecule has 0 saturated carbocycles. The number of phenols is 1. The number of carbonyl (C=O) groups excluding carboxylic acids is 2. The number of ketones is 1. The number of aromatic carboxylic acids is 1. The van der Waals surface area contributed by atoms with Gasteiger partial charge in [0, 0.05) is 25.3 Å². The first-order chi connectivity index (χ1) is 20.9. The van der Waals surface area contributed by atoms with Gasteiger partial charge in [-0.15, -0.1) is 0 Å². The van der Waals surface area contributed by atoms with Crippen LogP contribution in [0.2, 0.25) is 0 Å². The van der Waals surface area contributed by atoms with E-state index in [1.165, 1.54) is 18.2 Å². The van der Waals surface area contributed by atoms with Crippen molar-refractivity contribution in [3.05, 3.63) is 84.5 Å². The highest BCUT2D eigenvalue weighted by Gasteiger charge is 2.16. The smallest absolute Gasteiger partial charge is 0.339 e. The zero-order chi connectivity index (χ0) is 31.5. The normalized spacial score (nSPS) is 12.7. The third-order valence-electron chi connectivity index (χ3n) is 6.34. The first-order valence-corrected chi connectivity index (χ1v) is 15.4. The number of aromatic hydroxyl groups is 1. The minimum atomic E-state index is -1.29. The number of carbonyl (C=O) groups is 3. The molecule has 236 valence electrons. The second kappa shape index (κ2) is 24.7. The van der Waals surface area contributed by atoms with Crippen molar-refractivity contribution in [3.8, 4) is 5.75 Å². The predicted octanol–water partition coefficient (Wildman–Crippen LogP) is 8.28. The van der Waals surface area contributed by atoms with Crippen molar-refractivity contribution >= 4 is 23.5 Å². The number of hydrogen-bond donors (Lipinski definition) is 4. The van der Waals surface area contributed by atoms with Crippen LogP contribution in [0, 0.1) is 0 Å². The third-order valence-corrected chi connectivity index (χ3v) is 6.34. The monoisotopic (exact) mass is 594 g/mol. The van der Waals surface area contributed by atoms with Gasteiger partial charge in [0.25, 0.3) is 0 Å². The van der Waals surface area contributed by atoms with Gasteiger partial charge in [0.1, 0.15) is 17.4 Å². The topological polar surface area (TPSA) is 125 Å². The number of anilines is 1. The summed E-state index contributed by atoms with van der Waals surface area (Å²) < 4.78 is 5.81. The summed E-state index contributed by atoms with van der Waals surface area (Å²) in [5, 5.41) is 23.8. The molecule has 0 aromatic heterocycles. The van der Waals surface area contributed by atoms with Crippen LogP contribution in [0.15, 0.2) is 79.0 Å². The molecule has 0 spiro atoms. The summed E-state index contributed by atoms with van der Waals surface area (Å²) in [6, 6.07) is 3.25. The van der Waals surface area contributed by atoms with E-state index in [0.29, 0.717) is 25.9 Å². The number of Topliss-reactive ketones (excluding diaryl/α,β-unsaturated/α-hetero) is 1. The van der Waals surface area contributed by atoms with E-state index in [1.807, 2.05) is 6.92 Å². The molecule has 8 heteroatoms. The second-order valence-electron chi connectivity index (χ2n) is 9.96. The Morgan fingerprint density at radius 3 is 2.02 bits per heavy atom. The van der Waals surface area contributed by atoms with Crippen LogP contribution in [-0.4, -0.2) is 47.3 Å². The Labute approximate surface area is 257 Å². The number of nitrogens with one attached hydrogen (secondary N) is 2. The number of rotatable bonds is 23. The van der Waals surface area contributed by atoms with Gasteiger partial charge >= 0.3 is 12.0 Å².